The van der Waals surface area contributed by atoms with Crippen LogP contribution in [0.15, 0.2) is 18.2 Å². The maximum absolute atomic E-state index is 5.58. The summed E-state index contributed by atoms with van der Waals surface area (Å²) in [6.45, 7) is 2.89. The lowest BCUT2D eigenvalue weighted by atomic mass is 10.2. The van der Waals surface area contributed by atoms with Gasteiger partial charge in [0, 0.05) is 12.1 Å². The highest BCUT2D eigenvalue weighted by atomic mass is 35.5. The van der Waals surface area contributed by atoms with Gasteiger partial charge in [0.25, 0.3) is 0 Å². The maximum Gasteiger partial charge on any atom is 0.227 e. The summed E-state index contributed by atoms with van der Waals surface area (Å²) >= 11 is 5.03. The predicted octanol–water partition coefficient (Wildman–Crippen LogP) is 1.58. The summed E-state index contributed by atoms with van der Waals surface area (Å²) in [4.78, 5) is 0. The van der Waals surface area contributed by atoms with E-state index in [1.165, 1.54) is 0 Å². The van der Waals surface area contributed by atoms with Crippen LogP contribution in [0.5, 0.6) is 5.75 Å². The monoisotopic (exact) mass is 184 g/mol. The van der Waals surface area contributed by atoms with Crippen LogP contribution >= 0.6 is 0 Å². The summed E-state index contributed by atoms with van der Waals surface area (Å²) in [6.07, 6.45) is 0.244. The molecule has 0 saturated carbocycles. The van der Waals surface area contributed by atoms with Crippen LogP contribution < -0.4 is 10.1 Å². The van der Waals surface area contributed by atoms with Crippen molar-refractivity contribution < 1.29 is 16.3 Å². The minimum Gasteiger partial charge on any atom is -0.487 e. The number of nitrogens with one attached hydrogen (secondary N) is 1. The quantitative estimate of drug-likeness (QED) is 0.661. The van der Waals surface area contributed by atoms with E-state index < -0.39 is 0 Å². The van der Waals surface area contributed by atoms with Crippen LogP contribution in [0.2, 0.25) is 5.02 Å². The van der Waals surface area contributed by atoms with Crippen LogP contribution in [-0.4, -0.2) is 12.6 Å². The van der Waals surface area contributed by atoms with E-state index in [-0.39, 0.29) is 6.10 Å². The molecule has 0 saturated heterocycles. The Hall–Kier alpha value is -0.890. The van der Waals surface area contributed by atoms with Gasteiger partial charge < -0.3 is 10.1 Å². The van der Waals surface area contributed by atoms with E-state index >= 15 is 0 Å². The molecule has 3 heteroatoms. The maximum atomic E-state index is 5.58. The number of fused-ring (bicyclic) bond motifs is 1. The lowest BCUT2D eigenvalue weighted by Crippen LogP contribution is -2.27. The summed E-state index contributed by atoms with van der Waals surface area (Å²) in [5.74, 6) is 0.905. The van der Waals surface area contributed by atoms with Gasteiger partial charge in [-0.25, -0.2) is 0 Å². The summed E-state index contributed by atoms with van der Waals surface area (Å²) in [5, 5.41) is 4.11. The van der Waals surface area contributed by atoms with Gasteiger partial charge >= 0.3 is 0 Å². The van der Waals surface area contributed by atoms with Crippen LogP contribution in [-0.2, 0) is 0 Å². The molecule has 2 nitrogen and oxygen atoms in total. The van der Waals surface area contributed by atoms with Crippen LogP contribution in [0, 0.1) is 11.6 Å². The highest BCUT2D eigenvalue weighted by Crippen LogP contribution is 2.29. The van der Waals surface area contributed by atoms with Gasteiger partial charge in [0.15, 0.2) is 11.6 Å². The summed E-state index contributed by atoms with van der Waals surface area (Å²) in [7, 11) is 0. The van der Waals surface area contributed by atoms with Gasteiger partial charge in [-0.05, 0) is 13.0 Å². The Morgan fingerprint density at radius 3 is 3.25 bits per heavy atom. The van der Waals surface area contributed by atoms with E-state index in [4.69, 9.17) is 16.3 Å². The van der Waals surface area contributed by atoms with Crippen LogP contribution in [0.3, 0.4) is 0 Å². The standard InChI is InChI=1S/C9H11ClNO/c1-6-5-11-8-4-7(10)2-3-9(8)12-6/h2-4,6,10-11H,5H2,1H3/q+1/t6-/m0/s1. The highest BCUT2D eigenvalue weighted by Gasteiger charge is 2.16. The first kappa shape index (κ1) is 7.74. The molecule has 1 aliphatic rings. The second kappa shape index (κ2) is 2.87. The minimum atomic E-state index is 0.244. The number of anilines is 1. The lowest BCUT2D eigenvalue weighted by Gasteiger charge is -2.24. The molecule has 0 bridgehead atoms. The number of halogens is 1. The lowest BCUT2D eigenvalue weighted by molar-refractivity contribution is -0.288. The number of hydrogen-bond donors (Lipinski definition) is 1. The van der Waals surface area contributed by atoms with Crippen molar-refractivity contribution >= 4 is 5.69 Å². The number of hydrogen-bond acceptors (Lipinski definition) is 2. The number of benzene rings is 1. The van der Waals surface area contributed by atoms with Crippen molar-refractivity contribution in [1.29, 1.82) is 0 Å². The van der Waals surface area contributed by atoms with Gasteiger partial charge in [-0.15, -0.1) is 0 Å². The first-order chi connectivity index (χ1) is 5.75. The third-order valence-corrected chi connectivity index (χ3v) is 2.11. The Labute approximate surface area is 76.5 Å². The zero-order valence-electron chi connectivity index (χ0n) is 6.83. The molecule has 0 aromatic heterocycles. The van der Waals surface area contributed by atoms with Crippen molar-refractivity contribution in [2.45, 2.75) is 13.0 Å². The molecule has 1 heterocycles. The molecule has 1 aliphatic heterocycles. The second-order valence-corrected chi connectivity index (χ2v) is 3.44. The highest BCUT2D eigenvalue weighted by molar-refractivity contribution is 5.58. The molecule has 1 atom stereocenters. The van der Waals surface area contributed by atoms with Crippen molar-refractivity contribution in [2.75, 3.05) is 11.9 Å². The van der Waals surface area contributed by atoms with Gasteiger partial charge in [0.2, 0.25) is 5.02 Å². The zero-order valence-corrected chi connectivity index (χ0v) is 7.65. The van der Waals surface area contributed by atoms with Gasteiger partial charge in [-0.1, -0.05) is 0 Å². The molecule has 0 aliphatic carbocycles. The van der Waals surface area contributed by atoms with Gasteiger partial charge in [0.1, 0.15) is 11.9 Å². The fourth-order valence-corrected chi connectivity index (χ4v) is 1.45. The molecule has 0 amide bonds. The number of rotatable bonds is 0. The van der Waals surface area contributed by atoms with Crippen LogP contribution in [0.4, 0.5) is 5.69 Å². The van der Waals surface area contributed by atoms with E-state index in [9.17, 15) is 0 Å². The van der Waals surface area contributed by atoms with E-state index in [1.807, 2.05) is 25.1 Å². The molecule has 0 unspecified atom stereocenters. The van der Waals surface area contributed by atoms with Gasteiger partial charge in [-0.3, -0.25) is 0 Å². The third-order valence-electron chi connectivity index (χ3n) is 1.86. The molecule has 1 aromatic carbocycles. The van der Waals surface area contributed by atoms with E-state index in [0.717, 1.165) is 23.0 Å². The molecule has 0 radical (unpaired) electrons. The van der Waals surface area contributed by atoms with E-state index in [0.29, 0.717) is 0 Å². The summed E-state index contributed by atoms with van der Waals surface area (Å²) in [6, 6.07) is 5.73. The largest absolute Gasteiger partial charge is 0.487 e. The first-order valence-corrected chi connectivity index (χ1v) is 4.38. The van der Waals surface area contributed by atoms with Crippen molar-refractivity contribution in [2.24, 2.45) is 0 Å². The average molecular weight is 185 g/mol. The van der Waals surface area contributed by atoms with Crippen LogP contribution in [0.1, 0.15) is 6.92 Å². The third kappa shape index (κ3) is 1.34. The van der Waals surface area contributed by atoms with Gasteiger partial charge in [-0.2, -0.15) is 0 Å². The molecular formula is C9H11ClNO+. The Morgan fingerprint density at radius 1 is 1.58 bits per heavy atom. The molecule has 64 valence electrons. The average Bonchev–Trinajstić information content (AvgIpc) is 2.05. The molecule has 12 heavy (non-hydrogen) atoms. The Morgan fingerprint density at radius 2 is 2.42 bits per heavy atom. The Balaban J connectivity index is 2.37. The molecule has 1 aromatic rings. The molecule has 1 N–H and O–H groups in total. The molecule has 0 fully saturated rings. The Kier molecular flexibility index (Phi) is 1.85. The van der Waals surface area contributed by atoms with Crippen molar-refractivity contribution in [3.8, 4) is 5.75 Å². The van der Waals surface area contributed by atoms with E-state index in [1.54, 1.807) is 0 Å². The summed E-state index contributed by atoms with van der Waals surface area (Å²) in [5.41, 5.74) is 1.01. The van der Waals surface area contributed by atoms with Gasteiger partial charge in [0.05, 0.1) is 12.2 Å². The Bertz CT molecular complexity index is 301. The smallest absolute Gasteiger partial charge is 0.227 e. The van der Waals surface area contributed by atoms with Crippen molar-refractivity contribution in [3.05, 3.63) is 23.2 Å². The molecule has 2 rings (SSSR count). The number of ether oxygens (including phenoxy) is 1. The van der Waals surface area contributed by atoms with Crippen molar-refractivity contribution in [3.63, 3.8) is 0 Å². The normalized spacial score (nSPS) is 20.7. The van der Waals surface area contributed by atoms with Crippen molar-refractivity contribution in [1.82, 2.24) is 0 Å². The molecular weight excluding hydrogens is 174 g/mol. The van der Waals surface area contributed by atoms with E-state index in [2.05, 4.69) is 5.32 Å². The topological polar surface area (TPSA) is 21.3 Å². The fourth-order valence-electron chi connectivity index (χ4n) is 1.26. The predicted molar refractivity (Wildman–Crippen MR) is 45.6 cm³/mol. The summed E-state index contributed by atoms with van der Waals surface area (Å²) < 4.78 is 5.58. The second-order valence-electron chi connectivity index (χ2n) is 2.97. The zero-order chi connectivity index (χ0) is 8.55. The fraction of sp³-hybridized carbons (Fsp3) is 0.333. The minimum absolute atomic E-state index is 0.244. The SMILES string of the molecule is C[C@H]1CNc2cc([ClH+])ccc2O1. The molecule has 0 spiro atoms. The van der Waals surface area contributed by atoms with Crippen LogP contribution in [0.25, 0.3) is 0 Å². The first-order valence-electron chi connectivity index (χ1n) is 3.97.